The molecule has 0 saturated carbocycles. The quantitative estimate of drug-likeness (QED) is 0.748. The lowest BCUT2D eigenvalue weighted by atomic mass is 9.98. The number of aryl methyl sites for hydroxylation is 1. The monoisotopic (exact) mass is 381 g/mol. The minimum Gasteiger partial charge on any atom is -0.371 e. The molecule has 1 aliphatic rings. The zero-order valence-electron chi connectivity index (χ0n) is 14.5. The molecule has 2 atom stereocenters. The number of nitrogens with zero attached hydrogens (tertiary/aromatic N) is 6. The first-order valence-corrected chi connectivity index (χ1v) is 8.66. The maximum absolute atomic E-state index is 13.0. The van der Waals surface area contributed by atoms with Crippen LogP contribution in [0.4, 0.5) is 19.0 Å². The lowest BCUT2D eigenvalue weighted by molar-refractivity contribution is -0.146. The van der Waals surface area contributed by atoms with Gasteiger partial charge in [0.25, 0.3) is 5.82 Å². The molecule has 1 fully saturated rings. The Kier molecular flexibility index (Phi) is 4.46. The van der Waals surface area contributed by atoms with Crippen LogP contribution in [0.3, 0.4) is 0 Å². The van der Waals surface area contributed by atoms with Gasteiger partial charge in [0.05, 0.1) is 12.2 Å². The van der Waals surface area contributed by atoms with E-state index in [1.165, 1.54) is 6.07 Å². The van der Waals surface area contributed by atoms with E-state index in [9.17, 15) is 13.2 Å². The zero-order chi connectivity index (χ0) is 19.0. The third-order valence-electron chi connectivity index (χ3n) is 4.48. The lowest BCUT2D eigenvalue weighted by Crippen LogP contribution is -2.34. The molecule has 4 rings (SSSR count). The number of alkyl halides is 3. The van der Waals surface area contributed by atoms with E-state index in [0.29, 0.717) is 16.9 Å². The zero-order valence-corrected chi connectivity index (χ0v) is 14.5. The number of anilines is 1. The van der Waals surface area contributed by atoms with E-state index in [-0.39, 0.29) is 17.8 Å². The molecular formula is C16H18F3N7O. The van der Waals surface area contributed by atoms with Gasteiger partial charge < -0.3 is 10.1 Å². The van der Waals surface area contributed by atoms with Crippen molar-refractivity contribution in [3.63, 3.8) is 0 Å². The van der Waals surface area contributed by atoms with E-state index in [4.69, 9.17) is 4.74 Å². The van der Waals surface area contributed by atoms with Crippen LogP contribution < -0.4 is 5.32 Å². The molecule has 4 heterocycles. The topological polar surface area (TPSA) is 82.2 Å². The number of aromatic nitrogens is 6. The van der Waals surface area contributed by atoms with Crippen molar-refractivity contribution in [2.24, 2.45) is 0 Å². The van der Waals surface area contributed by atoms with Gasteiger partial charge in [-0.05, 0) is 31.9 Å². The summed E-state index contributed by atoms with van der Waals surface area (Å²) >= 11 is 0. The van der Waals surface area contributed by atoms with Gasteiger partial charge >= 0.3 is 6.18 Å². The summed E-state index contributed by atoms with van der Waals surface area (Å²) in [5.74, 6) is -0.849. The smallest absolute Gasteiger partial charge is 0.371 e. The molecule has 0 aliphatic carbocycles. The Morgan fingerprint density at radius 2 is 2.15 bits per heavy atom. The normalized spacial score (nSPS) is 20.9. The van der Waals surface area contributed by atoms with E-state index in [2.05, 4.69) is 25.7 Å². The van der Waals surface area contributed by atoms with Gasteiger partial charge in [-0.25, -0.2) is 0 Å². The SMILES string of the molecule is CCn1cc([C@H]2OCCC[C@@H]2Nc2ccc3nnc(C(F)(F)F)n3n2)cn1. The van der Waals surface area contributed by atoms with Crippen LogP contribution in [0, 0.1) is 0 Å². The summed E-state index contributed by atoms with van der Waals surface area (Å²) < 4.78 is 47.6. The number of hydrogen-bond acceptors (Lipinski definition) is 6. The Hall–Kier alpha value is -2.69. The van der Waals surface area contributed by atoms with Crippen molar-refractivity contribution in [1.82, 2.24) is 29.6 Å². The standard InChI is InChI=1S/C16H18F3N7O/c1-2-25-9-10(8-20-25)14-11(4-3-7-27-14)21-12-5-6-13-22-23-15(16(17,18)19)26(13)24-12/h5-6,8-9,11,14H,2-4,7H2,1H3,(H,21,24)/t11-,14+/m0/s1. The number of ether oxygens (including phenoxy) is 1. The second kappa shape index (κ2) is 6.80. The van der Waals surface area contributed by atoms with E-state index >= 15 is 0 Å². The van der Waals surface area contributed by atoms with E-state index in [0.717, 1.165) is 24.9 Å². The molecular weight excluding hydrogens is 363 g/mol. The molecule has 1 N–H and O–H groups in total. The predicted octanol–water partition coefficient (Wildman–Crippen LogP) is 2.69. The largest absolute Gasteiger partial charge is 0.453 e. The molecule has 3 aromatic rings. The summed E-state index contributed by atoms with van der Waals surface area (Å²) in [6, 6.07) is 2.90. The molecule has 27 heavy (non-hydrogen) atoms. The van der Waals surface area contributed by atoms with Gasteiger partial charge in [-0.3, -0.25) is 4.68 Å². The highest BCUT2D eigenvalue weighted by atomic mass is 19.4. The van der Waals surface area contributed by atoms with E-state index < -0.39 is 12.0 Å². The highest BCUT2D eigenvalue weighted by Gasteiger charge is 2.38. The average molecular weight is 381 g/mol. The van der Waals surface area contributed by atoms with Crippen LogP contribution in [0.2, 0.25) is 0 Å². The molecule has 0 amide bonds. The minimum atomic E-state index is -4.63. The third-order valence-corrected chi connectivity index (χ3v) is 4.48. The average Bonchev–Trinajstić information content (AvgIpc) is 3.28. The molecule has 0 aromatic carbocycles. The molecule has 8 nitrogen and oxygen atoms in total. The number of rotatable bonds is 4. The third kappa shape index (κ3) is 3.46. The van der Waals surface area contributed by atoms with Crippen molar-refractivity contribution in [2.75, 3.05) is 11.9 Å². The first-order valence-electron chi connectivity index (χ1n) is 8.66. The van der Waals surface area contributed by atoms with Crippen LogP contribution in [0.25, 0.3) is 5.65 Å². The van der Waals surface area contributed by atoms with E-state index in [1.807, 2.05) is 13.1 Å². The number of fused-ring (bicyclic) bond motifs is 1. The second-order valence-corrected chi connectivity index (χ2v) is 6.32. The number of halogens is 3. The maximum Gasteiger partial charge on any atom is 0.453 e. The second-order valence-electron chi connectivity index (χ2n) is 6.32. The van der Waals surface area contributed by atoms with Crippen LogP contribution in [0.15, 0.2) is 24.5 Å². The van der Waals surface area contributed by atoms with Gasteiger partial charge in [-0.1, -0.05) is 0 Å². The summed E-state index contributed by atoms with van der Waals surface area (Å²) in [7, 11) is 0. The molecule has 0 bridgehead atoms. The molecule has 3 aromatic heterocycles. The first-order chi connectivity index (χ1) is 13.0. The van der Waals surface area contributed by atoms with Crippen molar-refractivity contribution in [3.8, 4) is 0 Å². The molecule has 1 saturated heterocycles. The highest BCUT2D eigenvalue weighted by Crippen LogP contribution is 2.31. The first kappa shape index (κ1) is 17.7. The fourth-order valence-electron chi connectivity index (χ4n) is 3.19. The van der Waals surface area contributed by atoms with Crippen LogP contribution in [0.1, 0.15) is 37.3 Å². The molecule has 11 heteroatoms. The fraction of sp³-hybridized carbons (Fsp3) is 0.500. The summed E-state index contributed by atoms with van der Waals surface area (Å²) in [6.45, 7) is 3.36. The number of hydrogen-bond donors (Lipinski definition) is 1. The van der Waals surface area contributed by atoms with Crippen molar-refractivity contribution in [1.29, 1.82) is 0 Å². The molecule has 0 radical (unpaired) electrons. The van der Waals surface area contributed by atoms with Gasteiger partial charge in [0.1, 0.15) is 11.9 Å². The van der Waals surface area contributed by atoms with Crippen LogP contribution in [-0.4, -0.2) is 42.2 Å². The van der Waals surface area contributed by atoms with Gasteiger partial charge in [0, 0.05) is 24.9 Å². The number of nitrogens with one attached hydrogen (secondary N) is 1. The van der Waals surface area contributed by atoms with Crippen molar-refractivity contribution in [3.05, 3.63) is 35.9 Å². The fourth-order valence-corrected chi connectivity index (χ4v) is 3.19. The summed E-state index contributed by atoms with van der Waals surface area (Å²) in [5.41, 5.74) is 0.962. The van der Waals surface area contributed by atoms with Crippen molar-refractivity contribution >= 4 is 11.5 Å². The minimum absolute atomic E-state index is 0.0357. The summed E-state index contributed by atoms with van der Waals surface area (Å²) in [4.78, 5) is 0. The highest BCUT2D eigenvalue weighted by molar-refractivity contribution is 5.45. The van der Waals surface area contributed by atoms with Gasteiger partial charge in [-0.15, -0.1) is 15.3 Å². The van der Waals surface area contributed by atoms with Crippen molar-refractivity contribution < 1.29 is 17.9 Å². The molecule has 1 aliphatic heterocycles. The van der Waals surface area contributed by atoms with Crippen LogP contribution in [0.5, 0.6) is 0 Å². The van der Waals surface area contributed by atoms with Crippen molar-refractivity contribution in [2.45, 2.75) is 44.6 Å². The summed E-state index contributed by atoms with van der Waals surface area (Å²) in [6.07, 6.45) is 0.444. The molecule has 144 valence electrons. The lowest BCUT2D eigenvalue weighted by Gasteiger charge is -2.32. The van der Waals surface area contributed by atoms with E-state index in [1.54, 1.807) is 16.9 Å². The molecule has 0 unspecified atom stereocenters. The Balaban J connectivity index is 1.61. The Bertz CT molecular complexity index is 936. The Morgan fingerprint density at radius 3 is 2.89 bits per heavy atom. The van der Waals surface area contributed by atoms with Crippen LogP contribution in [-0.2, 0) is 17.5 Å². The van der Waals surface area contributed by atoms with Gasteiger partial charge in [0.15, 0.2) is 5.65 Å². The van der Waals surface area contributed by atoms with Crippen LogP contribution >= 0.6 is 0 Å². The predicted molar refractivity (Wildman–Crippen MR) is 89.0 cm³/mol. The summed E-state index contributed by atoms with van der Waals surface area (Å²) in [5, 5.41) is 18.2. The maximum atomic E-state index is 13.0. The molecule has 0 spiro atoms. The van der Waals surface area contributed by atoms with Gasteiger partial charge in [-0.2, -0.15) is 22.8 Å². The Morgan fingerprint density at radius 1 is 1.30 bits per heavy atom. The Labute approximate surface area is 152 Å². The van der Waals surface area contributed by atoms with Gasteiger partial charge in [0.2, 0.25) is 0 Å².